The Morgan fingerprint density at radius 3 is 2.74 bits per heavy atom. The zero-order valence-electron chi connectivity index (χ0n) is 13.4. The van der Waals surface area contributed by atoms with Crippen LogP contribution in [0.4, 0.5) is 0 Å². The third-order valence-corrected chi connectivity index (χ3v) is 4.95. The predicted molar refractivity (Wildman–Crippen MR) is 92.4 cm³/mol. The number of ether oxygens (including phenoxy) is 2. The van der Waals surface area contributed by atoms with Gasteiger partial charge in [-0.15, -0.1) is 0 Å². The van der Waals surface area contributed by atoms with Crippen molar-refractivity contribution in [1.82, 2.24) is 4.98 Å². The van der Waals surface area contributed by atoms with E-state index in [2.05, 4.69) is 17.1 Å². The molecule has 2 atom stereocenters. The first-order valence-electron chi connectivity index (χ1n) is 8.14. The van der Waals surface area contributed by atoms with Gasteiger partial charge in [0.05, 0.1) is 26.1 Å². The fraction of sp³-hybridized carbons (Fsp3) is 0.421. The van der Waals surface area contributed by atoms with Gasteiger partial charge in [-0.1, -0.05) is 42.6 Å². The number of hydrogen-bond donors (Lipinski definition) is 0. The summed E-state index contributed by atoms with van der Waals surface area (Å²) in [5.41, 5.74) is 1.26. The number of hydrogen-bond acceptors (Lipinski definition) is 3. The molecular weight excluding hydrogens is 310 g/mol. The summed E-state index contributed by atoms with van der Waals surface area (Å²) in [5, 5.41) is 0.868. The molecule has 3 rings (SSSR count). The first-order chi connectivity index (χ1) is 11.3. The second kappa shape index (κ2) is 7.69. The fourth-order valence-electron chi connectivity index (χ4n) is 3.39. The predicted octanol–water partition coefficient (Wildman–Crippen LogP) is 5.10. The van der Waals surface area contributed by atoms with Crippen molar-refractivity contribution in [3.63, 3.8) is 0 Å². The quantitative estimate of drug-likeness (QED) is 0.764. The zero-order valence-corrected chi connectivity index (χ0v) is 14.1. The largest absolute Gasteiger partial charge is 0.495 e. The van der Waals surface area contributed by atoms with E-state index in [1.54, 1.807) is 19.5 Å². The van der Waals surface area contributed by atoms with E-state index in [9.17, 15) is 0 Å². The zero-order chi connectivity index (χ0) is 16.1. The first kappa shape index (κ1) is 16.1. The summed E-state index contributed by atoms with van der Waals surface area (Å²) < 4.78 is 11.2. The molecule has 3 nitrogen and oxygen atoms in total. The van der Waals surface area contributed by atoms with Crippen LogP contribution < -0.4 is 9.47 Å². The summed E-state index contributed by atoms with van der Waals surface area (Å²) in [6, 6.07) is 10.1. The molecule has 0 aliphatic heterocycles. The number of halogens is 1. The average Bonchev–Trinajstić information content (AvgIpc) is 2.61. The van der Waals surface area contributed by atoms with Crippen LogP contribution in [0.25, 0.3) is 0 Å². The van der Waals surface area contributed by atoms with Crippen molar-refractivity contribution in [3.05, 3.63) is 53.3 Å². The van der Waals surface area contributed by atoms with Gasteiger partial charge in [-0.2, -0.15) is 0 Å². The maximum Gasteiger partial charge on any atom is 0.141 e. The summed E-state index contributed by atoms with van der Waals surface area (Å²) in [7, 11) is 1.63. The molecule has 4 heteroatoms. The van der Waals surface area contributed by atoms with Crippen LogP contribution in [0.1, 0.15) is 37.2 Å². The average molecular weight is 332 g/mol. The molecule has 1 fully saturated rings. The first-order valence-corrected chi connectivity index (χ1v) is 8.52. The molecular formula is C19H22ClNO2. The minimum Gasteiger partial charge on any atom is -0.495 e. The standard InChI is InChI=1S/C19H22ClNO2/c1-22-15-10-16(12-21-11-15)23-13-14-6-2-3-7-17(14)18-8-4-5-9-19(18)20/h4-5,8-12,14,17H,2-3,6-7,13H2,1H3. The van der Waals surface area contributed by atoms with E-state index in [0.29, 0.717) is 24.2 Å². The lowest BCUT2D eigenvalue weighted by Crippen LogP contribution is -2.24. The molecule has 0 amide bonds. The lowest BCUT2D eigenvalue weighted by atomic mass is 9.76. The highest BCUT2D eigenvalue weighted by atomic mass is 35.5. The molecule has 1 aromatic carbocycles. The van der Waals surface area contributed by atoms with Crippen molar-refractivity contribution < 1.29 is 9.47 Å². The van der Waals surface area contributed by atoms with Gasteiger partial charge in [0.25, 0.3) is 0 Å². The van der Waals surface area contributed by atoms with E-state index in [4.69, 9.17) is 21.1 Å². The Morgan fingerprint density at radius 1 is 1.13 bits per heavy atom. The Labute approximate surface area is 142 Å². The Balaban J connectivity index is 1.70. The Morgan fingerprint density at radius 2 is 1.91 bits per heavy atom. The van der Waals surface area contributed by atoms with Gasteiger partial charge >= 0.3 is 0 Å². The maximum atomic E-state index is 6.41. The van der Waals surface area contributed by atoms with Crippen LogP contribution in [0, 0.1) is 5.92 Å². The van der Waals surface area contributed by atoms with Gasteiger partial charge in [0, 0.05) is 11.1 Å². The summed E-state index contributed by atoms with van der Waals surface area (Å²) in [6.45, 7) is 0.685. The van der Waals surface area contributed by atoms with Gasteiger partial charge in [-0.3, -0.25) is 4.98 Å². The second-order valence-corrected chi connectivity index (χ2v) is 6.45. The van der Waals surface area contributed by atoms with Crippen LogP contribution >= 0.6 is 11.6 Å². The van der Waals surface area contributed by atoms with E-state index in [0.717, 1.165) is 10.8 Å². The summed E-state index contributed by atoms with van der Waals surface area (Å²) in [5.74, 6) is 2.42. The molecule has 0 radical (unpaired) electrons. The van der Waals surface area contributed by atoms with Crippen molar-refractivity contribution in [2.24, 2.45) is 5.92 Å². The molecule has 2 aromatic rings. The summed E-state index contributed by atoms with van der Waals surface area (Å²) in [6.07, 6.45) is 8.27. The van der Waals surface area contributed by atoms with Gasteiger partial charge in [-0.05, 0) is 36.3 Å². The van der Waals surface area contributed by atoms with Gasteiger partial charge in [0.2, 0.25) is 0 Å². The van der Waals surface area contributed by atoms with E-state index >= 15 is 0 Å². The number of pyridine rings is 1. The summed E-state index contributed by atoms with van der Waals surface area (Å²) >= 11 is 6.41. The highest BCUT2D eigenvalue weighted by Gasteiger charge is 2.28. The Bertz CT molecular complexity index is 647. The van der Waals surface area contributed by atoms with Crippen LogP contribution in [-0.2, 0) is 0 Å². The molecule has 122 valence electrons. The van der Waals surface area contributed by atoms with E-state index in [1.807, 2.05) is 18.2 Å². The number of benzene rings is 1. The van der Waals surface area contributed by atoms with Crippen LogP contribution in [-0.4, -0.2) is 18.7 Å². The van der Waals surface area contributed by atoms with Gasteiger partial charge in [0.15, 0.2) is 0 Å². The third-order valence-electron chi connectivity index (χ3n) is 4.60. The topological polar surface area (TPSA) is 31.4 Å². The van der Waals surface area contributed by atoms with Crippen LogP contribution in [0.2, 0.25) is 5.02 Å². The fourth-order valence-corrected chi connectivity index (χ4v) is 3.66. The SMILES string of the molecule is COc1cncc(OCC2CCCCC2c2ccccc2Cl)c1. The normalized spacial score (nSPS) is 21.0. The molecule has 1 aliphatic carbocycles. The number of methoxy groups -OCH3 is 1. The molecule has 0 saturated heterocycles. The second-order valence-electron chi connectivity index (χ2n) is 6.04. The van der Waals surface area contributed by atoms with Crippen molar-refractivity contribution in [2.75, 3.05) is 13.7 Å². The minimum atomic E-state index is 0.469. The molecule has 0 bridgehead atoms. The van der Waals surface area contributed by atoms with Crippen LogP contribution in [0.3, 0.4) is 0 Å². The van der Waals surface area contributed by atoms with E-state index in [1.165, 1.54) is 31.2 Å². The molecule has 0 spiro atoms. The molecule has 0 N–H and O–H groups in total. The van der Waals surface area contributed by atoms with Gasteiger partial charge < -0.3 is 9.47 Å². The van der Waals surface area contributed by atoms with E-state index in [-0.39, 0.29) is 0 Å². The maximum absolute atomic E-state index is 6.41. The van der Waals surface area contributed by atoms with Crippen molar-refractivity contribution in [2.45, 2.75) is 31.6 Å². The molecule has 1 heterocycles. The van der Waals surface area contributed by atoms with Crippen LogP contribution in [0.5, 0.6) is 11.5 Å². The number of nitrogens with zero attached hydrogens (tertiary/aromatic N) is 1. The van der Waals surface area contributed by atoms with Crippen molar-refractivity contribution in [1.29, 1.82) is 0 Å². The molecule has 23 heavy (non-hydrogen) atoms. The molecule has 1 saturated carbocycles. The molecule has 2 unspecified atom stereocenters. The lowest BCUT2D eigenvalue weighted by Gasteiger charge is -2.32. The monoisotopic (exact) mass is 331 g/mol. The minimum absolute atomic E-state index is 0.469. The van der Waals surface area contributed by atoms with Crippen molar-refractivity contribution >= 4 is 11.6 Å². The van der Waals surface area contributed by atoms with Crippen molar-refractivity contribution in [3.8, 4) is 11.5 Å². The van der Waals surface area contributed by atoms with Crippen LogP contribution in [0.15, 0.2) is 42.7 Å². The van der Waals surface area contributed by atoms with Gasteiger partial charge in [-0.25, -0.2) is 0 Å². The summed E-state index contributed by atoms with van der Waals surface area (Å²) in [4.78, 5) is 4.14. The smallest absolute Gasteiger partial charge is 0.141 e. The molecule has 1 aliphatic rings. The Hall–Kier alpha value is -1.74. The number of aromatic nitrogens is 1. The number of rotatable bonds is 5. The Kier molecular flexibility index (Phi) is 5.39. The third kappa shape index (κ3) is 3.97. The van der Waals surface area contributed by atoms with E-state index < -0.39 is 0 Å². The lowest BCUT2D eigenvalue weighted by molar-refractivity contribution is 0.185. The highest BCUT2D eigenvalue weighted by molar-refractivity contribution is 6.31. The van der Waals surface area contributed by atoms with Gasteiger partial charge in [0.1, 0.15) is 11.5 Å². The molecule has 1 aromatic heterocycles. The highest BCUT2D eigenvalue weighted by Crippen LogP contribution is 2.40.